The Morgan fingerprint density at radius 1 is 1.22 bits per heavy atom. The second-order valence-corrected chi connectivity index (χ2v) is 6.06. The highest BCUT2D eigenvalue weighted by Crippen LogP contribution is 2.26. The molecular weight excluding hydrogens is 361 g/mol. The second-order valence-electron chi connectivity index (χ2n) is 5.25. The van der Waals surface area contributed by atoms with Crippen molar-refractivity contribution >= 4 is 38.1 Å². The van der Waals surface area contributed by atoms with Gasteiger partial charge >= 0.3 is 0 Å². The number of fused-ring (bicyclic) bond motifs is 2. The van der Waals surface area contributed by atoms with E-state index in [0.29, 0.717) is 21.4 Å². The van der Waals surface area contributed by atoms with E-state index in [2.05, 4.69) is 35.9 Å². The topological polar surface area (TPSA) is 56.5 Å². The van der Waals surface area contributed by atoms with E-state index in [1.54, 1.807) is 24.8 Å². The first kappa shape index (κ1) is 14.2. The van der Waals surface area contributed by atoms with Gasteiger partial charge in [-0.1, -0.05) is 6.07 Å². The molecule has 1 atom stereocenters. The minimum atomic E-state index is -0.332. The fourth-order valence-electron chi connectivity index (χ4n) is 2.64. The molecule has 5 nitrogen and oxygen atoms in total. The van der Waals surface area contributed by atoms with Crippen LogP contribution < -0.4 is 0 Å². The summed E-state index contributed by atoms with van der Waals surface area (Å²) in [5.41, 5.74) is 2.41. The molecule has 0 aliphatic heterocycles. The Bertz CT molecular complexity index is 1030. The van der Waals surface area contributed by atoms with Crippen molar-refractivity contribution < 1.29 is 4.39 Å². The lowest BCUT2D eigenvalue weighted by Gasteiger charge is -2.15. The number of pyridine rings is 1. The van der Waals surface area contributed by atoms with Gasteiger partial charge in [-0.25, -0.2) is 19.3 Å². The van der Waals surface area contributed by atoms with E-state index in [1.165, 1.54) is 6.07 Å². The summed E-state index contributed by atoms with van der Waals surface area (Å²) in [6, 6.07) is 6.96. The molecule has 114 valence electrons. The van der Waals surface area contributed by atoms with Gasteiger partial charge in [-0.3, -0.25) is 4.98 Å². The average Bonchev–Trinajstić information content (AvgIpc) is 2.97. The van der Waals surface area contributed by atoms with Gasteiger partial charge in [0.05, 0.1) is 18.6 Å². The molecule has 3 heterocycles. The van der Waals surface area contributed by atoms with Gasteiger partial charge in [-0.2, -0.15) is 0 Å². The molecule has 0 N–H and O–H groups in total. The molecule has 1 aromatic carbocycles. The van der Waals surface area contributed by atoms with Crippen molar-refractivity contribution in [2.24, 2.45) is 0 Å². The summed E-state index contributed by atoms with van der Waals surface area (Å²) in [7, 11) is 0. The van der Waals surface area contributed by atoms with Gasteiger partial charge in [-0.15, -0.1) is 0 Å². The van der Waals surface area contributed by atoms with Crippen LogP contribution in [0.25, 0.3) is 22.2 Å². The van der Waals surface area contributed by atoms with Crippen molar-refractivity contribution in [2.45, 2.75) is 13.0 Å². The Morgan fingerprint density at radius 3 is 2.96 bits per heavy atom. The highest BCUT2D eigenvalue weighted by atomic mass is 79.9. The van der Waals surface area contributed by atoms with Crippen molar-refractivity contribution in [3.8, 4) is 0 Å². The molecule has 0 aliphatic carbocycles. The lowest BCUT2D eigenvalue weighted by atomic mass is 10.0. The van der Waals surface area contributed by atoms with E-state index in [-0.39, 0.29) is 11.9 Å². The molecule has 23 heavy (non-hydrogen) atoms. The quantitative estimate of drug-likeness (QED) is 0.536. The third-order valence-corrected chi connectivity index (χ3v) is 4.22. The summed E-state index contributed by atoms with van der Waals surface area (Å²) in [6.45, 7) is 1.97. The summed E-state index contributed by atoms with van der Waals surface area (Å²) in [6.07, 6.45) is 4.86. The molecule has 1 unspecified atom stereocenters. The highest BCUT2D eigenvalue weighted by Gasteiger charge is 2.16. The van der Waals surface area contributed by atoms with Crippen molar-refractivity contribution in [2.75, 3.05) is 0 Å². The number of aromatic nitrogens is 5. The molecule has 0 saturated heterocycles. The third-order valence-electron chi connectivity index (χ3n) is 3.84. The Hall–Kier alpha value is -2.41. The fourth-order valence-corrected chi connectivity index (χ4v) is 2.91. The Kier molecular flexibility index (Phi) is 3.30. The van der Waals surface area contributed by atoms with Gasteiger partial charge in [0.25, 0.3) is 0 Å². The molecule has 0 spiro atoms. The van der Waals surface area contributed by atoms with Crippen molar-refractivity contribution in [1.29, 1.82) is 0 Å². The second kappa shape index (κ2) is 5.34. The van der Waals surface area contributed by atoms with Crippen LogP contribution in [-0.4, -0.2) is 24.5 Å². The van der Waals surface area contributed by atoms with Crippen LogP contribution in [0.5, 0.6) is 0 Å². The Balaban J connectivity index is 1.87. The zero-order chi connectivity index (χ0) is 16.0. The zero-order valence-electron chi connectivity index (χ0n) is 12.1. The van der Waals surface area contributed by atoms with Crippen molar-refractivity contribution in [3.63, 3.8) is 0 Å². The van der Waals surface area contributed by atoms with Crippen LogP contribution in [0.2, 0.25) is 0 Å². The molecule has 0 bridgehead atoms. The number of imidazole rings is 1. The van der Waals surface area contributed by atoms with Crippen LogP contribution in [0, 0.1) is 5.82 Å². The molecule has 0 saturated carbocycles. The number of hydrogen-bond acceptors (Lipinski definition) is 4. The summed E-state index contributed by atoms with van der Waals surface area (Å²) >= 11 is 3.32. The standard InChI is InChI=1S/C16H11BrFN5/c1-9(23-8-21-15-16(23)22-13(17)7-20-15)11-5-10-3-2-4-19-14(10)12(18)6-11/h2-9H,1H3. The van der Waals surface area contributed by atoms with E-state index in [9.17, 15) is 4.39 Å². The normalized spacial score (nSPS) is 12.8. The SMILES string of the molecule is CC(c1cc(F)c2ncccc2c1)n1cnc2ncc(Br)nc21. The first-order valence-electron chi connectivity index (χ1n) is 7.03. The van der Waals surface area contributed by atoms with E-state index < -0.39 is 0 Å². The van der Waals surface area contributed by atoms with E-state index in [0.717, 1.165) is 10.9 Å². The van der Waals surface area contributed by atoms with Crippen LogP contribution in [-0.2, 0) is 0 Å². The smallest absolute Gasteiger partial charge is 0.197 e. The molecule has 0 fully saturated rings. The maximum Gasteiger partial charge on any atom is 0.197 e. The number of rotatable bonds is 2. The van der Waals surface area contributed by atoms with E-state index >= 15 is 0 Å². The molecular formula is C16H11BrFN5. The molecule has 4 aromatic rings. The van der Waals surface area contributed by atoms with E-state index in [4.69, 9.17) is 0 Å². The molecule has 3 aromatic heterocycles. The first-order valence-corrected chi connectivity index (χ1v) is 7.82. The van der Waals surface area contributed by atoms with Gasteiger partial charge in [0.1, 0.15) is 15.9 Å². The van der Waals surface area contributed by atoms with Crippen molar-refractivity contribution in [3.05, 3.63) is 59.0 Å². The molecule has 4 rings (SSSR count). The van der Waals surface area contributed by atoms with Crippen LogP contribution in [0.1, 0.15) is 18.5 Å². The van der Waals surface area contributed by atoms with Gasteiger partial charge in [0, 0.05) is 11.6 Å². The van der Waals surface area contributed by atoms with Gasteiger partial charge in [0.2, 0.25) is 0 Å². The minimum Gasteiger partial charge on any atom is -0.307 e. The third kappa shape index (κ3) is 2.37. The van der Waals surface area contributed by atoms with Crippen LogP contribution >= 0.6 is 15.9 Å². The largest absolute Gasteiger partial charge is 0.307 e. The zero-order valence-corrected chi connectivity index (χ0v) is 13.7. The fraction of sp³-hybridized carbons (Fsp3) is 0.125. The number of hydrogen-bond donors (Lipinski definition) is 0. The molecule has 0 aliphatic rings. The molecule has 0 radical (unpaired) electrons. The van der Waals surface area contributed by atoms with Crippen LogP contribution in [0.3, 0.4) is 0 Å². The monoisotopic (exact) mass is 371 g/mol. The minimum absolute atomic E-state index is 0.136. The number of nitrogens with zero attached hydrogens (tertiary/aromatic N) is 5. The number of benzene rings is 1. The van der Waals surface area contributed by atoms with Crippen molar-refractivity contribution in [1.82, 2.24) is 24.5 Å². The van der Waals surface area contributed by atoms with Crippen LogP contribution in [0.4, 0.5) is 4.39 Å². The predicted octanol–water partition coefficient (Wildman–Crippen LogP) is 3.89. The molecule has 0 amide bonds. The Labute approximate surface area is 139 Å². The average molecular weight is 372 g/mol. The van der Waals surface area contributed by atoms with Gasteiger partial charge in [-0.05, 0) is 46.6 Å². The maximum absolute atomic E-state index is 14.3. The summed E-state index contributed by atoms with van der Waals surface area (Å²) in [5.74, 6) is -0.332. The molecule has 7 heteroatoms. The highest BCUT2D eigenvalue weighted by molar-refractivity contribution is 9.10. The van der Waals surface area contributed by atoms with Gasteiger partial charge < -0.3 is 4.57 Å². The van der Waals surface area contributed by atoms with Gasteiger partial charge in [0.15, 0.2) is 11.3 Å². The summed E-state index contributed by atoms with van der Waals surface area (Å²) in [5, 5.41) is 0.769. The lowest BCUT2D eigenvalue weighted by molar-refractivity contribution is 0.616. The van der Waals surface area contributed by atoms with Crippen LogP contribution in [0.15, 0.2) is 47.6 Å². The number of halogens is 2. The summed E-state index contributed by atoms with van der Waals surface area (Å²) < 4.78 is 16.8. The van der Waals surface area contributed by atoms with E-state index in [1.807, 2.05) is 23.6 Å². The Morgan fingerprint density at radius 2 is 2.09 bits per heavy atom. The predicted molar refractivity (Wildman–Crippen MR) is 88.5 cm³/mol. The summed E-state index contributed by atoms with van der Waals surface area (Å²) in [4.78, 5) is 17.0. The first-order chi connectivity index (χ1) is 11.1. The lowest BCUT2D eigenvalue weighted by Crippen LogP contribution is -2.07. The maximum atomic E-state index is 14.3.